The average Bonchev–Trinajstić information content (AvgIpc) is 3.07. The summed E-state index contributed by atoms with van der Waals surface area (Å²) in [5.41, 5.74) is 0. The van der Waals surface area contributed by atoms with Crippen LogP contribution < -0.4 is 4.90 Å². The summed E-state index contributed by atoms with van der Waals surface area (Å²) in [5.74, 6) is 1.12. The van der Waals surface area contributed by atoms with Gasteiger partial charge in [0.1, 0.15) is 5.01 Å². The monoisotopic (exact) mass is 239 g/mol. The van der Waals surface area contributed by atoms with Crippen molar-refractivity contribution in [3.63, 3.8) is 0 Å². The van der Waals surface area contributed by atoms with Crippen molar-refractivity contribution in [2.75, 3.05) is 24.6 Å². The van der Waals surface area contributed by atoms with E-state index in [9.17, 15) is 5.11 Å². The Morgan fingerprint density at radius 1 is 1.31 bits per heavy atom. The van der Waals surface area contributed by atoms with E-state index in [0.717, 1.165) is 31.1 Å². The van der Waals surface area contributed by atoms with Crippen molar-refractivity contribution < 1.29 is 5.11 Å². The molecule has 1 aliphatic carbocycles. The molecule has 88 valence electrons. The first-order valence-electron chi connectivity index (χ1n) is 6.06. The molecule has 1 N–H and O–H groups in total. The standard InChI is InChI=1S/C11H17N3OS/c15-7-8-2-1-5-14(6-8)11-13-12-10(16-11)9-3-4-9/h8-9,15H,1-7H2. The lowest BCUT2D eigenvalue weighted by atomic mass is 10.00. The van der Waals surface area contributed by atoms with Gasteiger partial charge in [0.15, 0.2) is 0 Å². The van der Waals surface area contributed by atoms with E-state index in [1.807, 2.05) is 0 Å². The van der Waals surface area contributed by atoms with Gasteiger partial charge in [-0.3, -0.25) is 0 Å². The molecule has 1 saturated carbocycles. The van der Waals surface area contributed by atoms with Gasteiger partial charge in [0.05, 0.1) is 0 Å². The van der Waals surface area contributed by atoms with Crippen molar-refractivity contribution in [3.05, 3.63) is 5.01 Å². The van der Waals surface area contributed by atoms with E-state index >= 15 is 0 Å². The average molecular weight is 239 g/mol. The van der Waals surface area contributed by atoms with E-state index in [-0.39, 0.29) is 0 Å². The van der Waals surface area contributed by atoms with Crippen LogP contribution in [0.25, 0.3) is 0 Å². The van der Waals surface area contributed by atoms with Crippen LogP contribution in [-0.4, -0.2) is 35.0 Å². The molecular weight excluding hydrogens is 222 g/mol. The molecule has 0 bridgehead atoms. The highest BCUT2D eigenvalue weighted by Gasteiger charge is 2.29. The van der Waals surface area contributed by atoms with Crippen LogP contribution in [0.15, 0.2) is 0 Å². The Morgan fingerprint density at radius 3 is 2.94 bits per heavy atom. The van der Waals surface area contributed by atoms with Crippen molar-refractivity contribution in [2.45, 2.75) is 31.6 Å². The Labute approximate surface area is 99.3 Å². The Morgan fingerprint density at radius 2 is 2.19 bits per heavy atom. The largest absolute Gasteiger partial charge is 0.396 e. The predicted octanol–water partition coefficient (Wildman–Crippen LogP) is 1.62. The van der Waals surface area contributed by atoms with Crippen molar-refractivity contribution in [3.8, 4) is 0 Å². The fourth-order valence-electron chi connectivity index (χ4n) is 2.24. The minimum atomic E-state index is 0.296. The molecule has 1 atom stereocenters. The van der Waals surface area contributed by atoms with Gasteiger partial charge in [0, 0.05) is 25.6 Å². The summed E-state index contributed by atoms with van der Waals surface area (Å²) in [5, 5.41) is 20.0. The van der Waals surface area contributed by atoms with Crippen LogP contribution >= 0.6 is 11.3 Å². The van der Waals surface area contributed by atoms with Gasteiger partial charge in [-0.15, -0.1) is 10.2 Å². The molecular formula is C11H17N3OS. The number of aromatic nitrogens is 2. The Balaban J connectivity index is 1.70. The van der Waals surface area contributed by atoms with Gasteiger partial charge in [-0.25, -0.2) is 0 Å². The SMILES string of the molecule is OCC1CCCN(c2nnc(C3CC3)s2)C1. The zero-order valence-corrected chi connectivity index (χ0v) is 10.1. The van der Waals surface area contributed by atoms with Crippen LogP contribution in [-0.2, 0) is 0 Å². The van der Waals surface area contributed by atoms with Gasteiger partial charge >= 0.3 is 0 Å². The Hall–Kier alpha value is -0.680. The maximum absolute atomic E-state index is 9.20. The first kappa shape index (κ1) is 10.5. The number of piperidine rings is 1. The van der Waals surface area contributed by atoms with Crippen molar-refractivity contribution in [1.29, 1.82) is 0 Å². The Kier molecular flexibility index (Phi) is 2.81. The van der Waals surface area contributed by atoms with E-state index in [0.29, 0.717) is 18.4 Å². The summed E-state index contributed by atoms with van der Waals surface area (Å²) >= 11 is 1.74. The predicted molar refractivity (Wildman–Crippen MR) is 63.9 cm³/mol. The summed E-state index contributed by atoms with van der Waals surface area (Å²) in [6, 6.07) is 0. The highest BCUT2D eigenvalue weighted by molar-refractivity contribution is 7.15. The molecule has 1 aromatic rings. The summed E-state index contributed by atoms with van der Waals surface area (Å²) in [6.45, 7) is 2.30. The number of aliphatic hydroxyl groups excluding tert-OH is 1. The van der Waals surface area contributed by atoms with Gasteiger partial charge < -0.3 is 10.0 Å². The molecule has 3 rings (SSSR count). The molecule has 1 unspecified atom stereocenters. The maximum Gasteiger partial charge on any atom is 0.208 e. The third-order valence-electron chi connectivity index (χ3n) is 3.40. The number of rotatable bonds is 3. The summed E-state index contributed by atoms with van der Waals surface area (Å²) in [6.07, 6.45) is 4.87. The molecule has 2 heterocycles. The molecule has 2 fully saturated rings. The first-order chi connectivity index (χ1) is 7.86. The molecule has 0 aromatic carbocycles. The fraction of sp³-hybridized carbons (Fsp3) is 0.818. The second-order valence-corrected chi connectivity index (χ2v) is 5.82. The van der Waals surface area contributed by atoms with Crippen LogP contribution in [0.5, 0.6) is 0 Å². The molecule has 0 spiro atoms. The van der Waals surface area contributed by atoms with Gasteiger partial charge in [-0.05, 0) is 31.6 Å². The second kappa shape index (κ2) is 4.30. The second-order valence-electron chi connectivity index (χ2n) is 4.83. The lowest BCUT2D eigenvalue weighted by molar-refractivity contribution is 0.208. The van der Waals surface area contributed by atoms with Crippen LogP contribution in [0.4, 0.5) is 5.13 Å². The summed E-state index contributed by atoms with van der Waals surface area (Å²) in [4.78, 5) is 2.29. The third-order valence-corrected chi connectivity index (χ3v) is 4.55. The van der Waals surface area contributed by atoms with E-state index in [4.69, 9.17) is 0 Å². The molecule has 0 amide bonds. The third kappa shape index (κ3) is 2.06. The van der Waals surface area contributed by atoms with Crippen molar-refractivity contribution in [2.24, 2.45) is 5.92 Å². The smallest absolute Gasteiger partial charge is 0.208 e. The van der Waals surface area contributed by atoms with Gasteiger partial charge in [-0.2, -0.15) is 0 Å². The highest BCUT2D eigenvalue weighted by Crippen LogP contribution is 2.42. The van der Waals surface area contributed by atoms with Crippen LogP contribution in [0.2, 0.25) is 0 Å². The summed E-state index contributed by atoms with van der Waals surface area (Å²) < 4.78 is 0. The Bertz CT molecular complexity index is 364. The summed E-state index contributed by atoms with van der Waals surface area (Å²) in [7, 11) is 0. The molecule has 4 nitrogen and oxygen atoms in total. The van der Waals surface area contributed by atoms with Gasteiger partial charge in [0.25, 0.3) is 0 Å². The van der Waals surface area contributed by atoms with E-state index in [1.54, 1.807) is 11.3 Å². The number of aliphatic hydroxyl groups is 1. The topological polar surface area (TPSA) is 49.2 Å². The normalized spacial score (nSPS) is 26.1. The van der Waals surface area contributed by atoms with Crippen molar-refractivity contribution in [1.82, 2.24) is 10.2 Å². The number of hydrogen-bond acceptors (Lipinski definition) is 5. The molecule has 1 saturated heterocycles. The van der Waals surface area contributed by atoms with Crippen molar-refractivity contribution >= 4 is 16.5 Å². The zero-order chi connectivity index (χ0) is 11.0. The highest BCUT2D eigenvalue weighted by atomic mass is 32.1. The van der Waals surface area contributed by atoms with Crippen LogP contribution in [0, 0.1) is 5.92 Å². The molecule has 0 radical (unpaired) electrons. The fourth-order valence-corrected chi connectivity index (χ4v) is 3.28. The minimum Gasteiger partial charge on any atom is -0.396 e. The minimum absolute atomic E-state index is 0.296. The molecule has 2 aliphatic rings. The maximum atomic E-state index is 9.20. The quantitative estimate of drug-likeness (QED) is 0.871. The van der Waals surface area contributed by atoms with Crippen LogP contribution in [0.3, 0.4) is 0 Å². The molecule has 1 aromatic heterocycles. The zero-order valence-electron chi connectivity index (χ0n) is 9.30. The number of anilines is 1. The molecule has 5 heteroatoms. The van der Waals surface area contributed by atoms with E-state index in [1.165, 1.54) is 17.8 Å². The molecule has 1 aliphatic heterocycles. The van der Waals surface area contributed by atoms with Gasteiger partial charge in [0.2, 0.25) is 5.13 Å². The number of nitrogens with zero attached hydrogens (tertiary/aromatic N) is 3. The lowest BCUT2D eigenvalue weighted by Crippen LogP contribution is -2.36. The first-order valence-corrected chi connectivity index (χ1v) is 6.87. The lowest BCUT2D eigenvalue weighted by Gasteiger charge is -2.31. The number of hydrogen-bond donors (Lipinski definition) is 1. The van der Waals surface area contributed by atoms with E-state index in [2.05, 4.69) is 15.1 Å². The molecule has 16 heavy (non-hydrogen) atoms. The van der Waals surface area contributed by atoms with E-state index < -0.39 is 0 Å². The van der Waals surface area contributed by atoms with Crippen LogP contribution in [0.1, 0.15) is 36.6 Å². The van der Waals surface area contributed by atoms with Gasteiger partial charge in [-0.1, -0.05) is 11.3 Å².